The molecule has 0 saturated heterocycles. The second-order valence-corrected chi connectivity index (χ2v) is 4.99. The van der Waals surface area contributed by atoms with E-state index in [4.69, 9.17) is 26.6 Å². The Labute approximate surface area is 113 Å². The maximum atomic E-state index is 9.09. The molecule has 1 aromatic carbocycles. The van der Waals surface area contributed by atoms with Crippen LogP contribution in [0.15, 0.2) is 6.07 Å². The molecule has 102 valence electrons. The number of benzene rings is 1. The van der Waals surface area contributed by atoms with E-state index in [1.54, 1.807) is 7.11 Å². The van der Waals surface area contributed by atoms with Gasteiger partial charge in [-0.3, -0.25) is 0 Å². The first kappa shape index (κ1) is 15.3. The number of aliphatic hydroxyl groups is 2. The van der Waals surface area contributed by atoms with E-state index in [2.05, 4.69) is 0 Å². The van der Waals surface area contributed by atoms with Crippen molar-refractivity contribution in [3.63, 3.8) is 0 Å². The molecule has 18 heavy (non-hydrogen) atoms. The third kappa shape index (κ3) is 3.37. The van der Waals surface area contributed by atoms with Crippen LogP contribution in [0.1, 0.15) is 23.1 Å². The highest BCUT2D eigenvalue weighted by Gasteiger charge is 2.15. The predicted molar refractivity (Wildman–Crippen MR) is 73.5 cm³/mol. The molecule has 0 spiro atoms. The quantitative estimate of drug-likeness (QED) is 0.837. The van der Waals surface area contributed by atoms with Gasteiger partial charge in [-0.25, -0.2) is 0 Å². The van der Waals surface area contributed by atoms with Gasteiger partial charge in [0.1, 0.15) is 5.75 Å². The topological polar surface area (TPSA) is 49.7 Å². The van der Waals surface area contributed by atoms with Gasteiger partial charge >= 0.3 is 0 Å². The van der Waals surface area contributed by atoms with E-state index in [-0.39, 0.29) is 19.1 Å². The average molecular weight is 273 g/mol. The second-order valence-electron chi connectivity index (χ2n) is 4.58. The Balaban J connectivity index is 2.99. The van der Waals surface area contributed by atoms with Gasteiger partial charge in [0.15, 0.2) is 0 Å². The van der Waals surface area contributed by atoms with Gasteiger partial charge in [0.05, 0.1) is 7.11 Å². The first-order valence-corrected chi connectivity index (χ1v) is 6.47. The Hall–Kier alpha value is -0.770. The molecule has 0 aliphatic rings. The van der Waals surface area contributed by atoms with Crippen molar-refractivity contribution in [3.8, 4) is 5.75 Å². The van der Waals surface area contributed by atoms with Crippen molar-refractivity contribution in [2.24, 2.45) is 5.92 Å². The van der Waals surface area contributed by atoms with E-state index in [1.165, 1.54) is 0 Å². The fourth-order valence-corrected chi connectivity index (χ4v) is 2.37. The van der Waals surface area contributed by atoms with Crippen LogP contribution in [0.5, 0.6) is 5.75 Å². The molecular weight excluding hydrogens is 252 g/mol. The highest BCUT2D eigenvalue weighted by atomic mass is 35.5. The largest absolute Gasteiger partial charge is 0.496 e. The van der Waals surface area contributed by atoms with E-state index in [0.717, 1.165) is 33.9 Å². The van der Waals surface area contributed by atoms with Crippen molar-refractivity contribution in [1.82, 2.24) is 0 Å². The van der Waals surface area contributed by atoms with Crippen molar-refractivity contribution < 1.29 is 14.9 Å². The summed E-state index contributed by atoms with van der Waals surface area (Å²) in [6.45, 7) is 3.92. The summed E-state index contributed by atoms with van der Waals surface area (Å²) in [5, 5.41) is 18.9. The monoisotopic (exact) mass is 272 g/mol. The lowest BCUT2D eigenvalue weighted by atomic mass is 9.95. The molecule has 4 heteroatoms. The van der Waals surface area contributed by atoms with E-state index >= 15 is 0 Å². The van der Waals surface area contributed by atoms with Gasteiger partial charge in [-0.2, -0.15) is 0 Å². The third-order valence-electron chi connectivity index (χ3n) is 3.31. The van der Waals surface area contributed by atoms with Crippen LogP contribution >= 0.6 is 11.6 Å². The van der Waals surface area contributed by atoms with E-state index in [9.17, 15) is 0 Å². The van der Waals surface area contributed by atoms with Gasteiger partial charge in [0, 0.05) is 24.2 Å². The number of aliphatic hydroxyl groups excluding tert-OH is 2. The fraction of sp³-hybridized carbons (Fsp3) is 0.571. The Morgan fingerprint density at radius 3 is 2.39 bits per heavy atom. The molecule has 0 atom stereocenters. The number of ether oxygens (including phenoxy) is 1. The highest BCUT2D eigenvalue weighted by molar-refractivity contribution is 6.31. The van der Waals surface area contributed by atoms with Gasteiger partial charge in [0.2, 0.25) is 0 Å². The Morgan fingerprint density at radius 1 is 1.28 bits per heavy atom. The van der Waals surface area contributed by atoms with E-state index in [0.29, 0.717) is 6.42 Å². The number of rotatable bonds is 6. The zero-order valence-corrected chi connectivity index (χ0v) is 11.9. The fourth-order valence-electron chi connectivity index (χ4n) is 2.09. The lowest BCUT2D eigenvalue weighted by molar-refractivity contribution is 0.144. The molecule has 0 aromatic heterocycles. The summed E-state index contributed by atoms with van der Waals surface area (Å²) in [5.41, 5.74) is 3.08. The summed E-state index contributed by atoms with van der Waals surface area (Å²) in [6, 6.07) is 1.90. The molecule has 0 amide bonds. The lowest BCUT2D eigenvalue weighted by Gasteiger charge is -2.17. The van der Waals surface area contributed by atoms with Crippen LogP contribution in [-0.4, -0.2) is 30.5 Å². The molecular formula is C14H21ClO3. The first-order chi connectivity index (χ1) is 8.54. The summed E-state index contributed by atoms with van der Waals surface area (Å²) in [7, 11) is 1.65. The zero-order chi connectivity index (χ0) is 13.7. The minimum absolute atomic E-state index is 0.00257. The molecule has 2 N–H and O–H groups in total. The molecule has 0 fully saturated rings. The van der Waals surface area contributed by atoms with Crippen LogP contribution in [0.25, 0.3) is 0 Å². The number of aryl methyl sites for hydroxylation is 1. The van der Waals surface area contributed by atoms with E-state index < -0.39 is 0 Å². The van der Waals surface area contributed by atoms with E-state index in [1.807, 2.05) is 19.9 Å². The van der Waals surface area contributed by atoms with Crippen molar-refractivity contribution >= 4 is 11.6 Å². The van der Waals surface area contributed by atoms with Crippen LogP contribution in [-0.2, 0) is 6.42 Å². The van der Waals surface area contributed by atoms with Gasteiger partial charge in [-0.15, -0.1) is 0 Å². The summed E-state index contributed by atoms with van der Waals surface area (Å²) < 4.78 is 5.43. The van der Waals surface area contributed by atoms with Gasteiger partial charge in [-0.05, 0) is 49.4 Å². The standard InChI is InChI=1S/C14H21ClO3/c1-9-6-13(15)10(2)12(14(9)18-3)5-4-11(7-16)8-17/h6,11,16-17H,4-5,7-8H2,1-3H3. The van der Waals surface area contributed by atoms with Crippen LogP contribution < -0.4 is 4.74 Å². The number of hydrogen-bond acceptors (Lipinski definition) is 3. The van der Waals surface area contributed by atoms with Crippen LogP contribution in [0.2, 0.25) is 5.02 Å². The minimum atomic E-state index is -0.0895. The normalized spacial score (nSPS) is 11.1. The molecule has 0 heterocycles. The van der Waals surface area contributed by atoms with Gasteiger partial charge < -0.3 is 14.9 Å². The molecule has 0 bridgehead atoms. The average Bonchev–Trinajstić information content (AvgIpc) is 2.36. The molecule has 0 saturated carbocycles. The molecule has 1 rings (SSSR count). The molecule has 3 nitrogen and oxygen atoms in total. The zero-order valence-electron chi connectivity index (χ0n) is 11.2. The maximum Gasteiger partial charge on any atom is 0.125 e. The SMILES string of the molecule is COc1c(C)cc(Cl)c(C)c1CCC(CO)CO. The summed E-state index contributed by atoms with van der Waals surface area (Å²) in [5.74, 6) is 0.764. The lowest BCUT2D eigenvalue weighted by Crippen LogP contribution is -2.12. The van der Waals surface area contributed by atoms with Gasteiger partial charge in [-0.1, -0.05) is 11.6 Å². The Bertz CT molecular complexity index is 401. The molecule has 0 aliphatic carbocycles. The third-order valence-corrected chi connectivity index (χ3v) is 3.70. The Morgan fingerprint density at radius 2 is 1.89 bits per heavy atom. The number of methoxy groups -OCH3 is 1. The van der Waals surface area contributed by atoms with Crippen LogP contribution in [0, 0.1) is 19.8 Å². The molecule has 1 aromatic rings. The van der Waals surface area contributed by atoms with Crippen molar-refractivity contribution in [2.75, 3.05) is 20.3 Å². The number of hydrogen-bond donors (Lipinski definition) is 2. The van der Waals surface area contributed by atoms with Gasteiger partial charge in [0.25, 0.3) is 0 Å². The second kappa shape index (κ2) is 6.98. The first-order valence-electron chi connectivity index (χ1n) is 6.09. The smallest absolute Gasteiger partial charge is 0.125 e. The Kier molecular flexibility index (Phi) is 5.93. The van der Waals surface area contributed by atoms with Crippen LogP contribution in [0.3, 0.4) is 0 Å². The van der Waals surface area contributed by atoms with Crippen molar-refractivity contribution in [1.29, 1.82) is 0 Å². The molecule has 0 aliphatic heterocycles. The van der Waals surface area contributed by atoms with Crippen molar-refractivity contribution in [3.05, 3.63) is 27.8 Å². The maximum absolute atomic E-state index is 9.09. The summed E-state index contributed by atoms with van der Waals surface area (Å²) in [4.78, 5) is 0. The number of halogens is 1. The molecule has 0 unspecified atom stereocenters. The van der Waals surface area contributed by atoms with Crippen LogP contribution in [0.4, 0.5) is 0 Å². The predicted octanol–water partition coefficient (Wildman–Crippen LogP) is 2.50. The summed E-state index contributed by atoms with van der Waals surface area (Å²) >= 11 is 6.18. The minimum Gasteiger partial charge on any atom is -0.496 e. The summed E-state index contributed by atoms with van der Waals surface area (Å²) in [6.07, 6.45) is 1.45. The highest BCUT2D eigenvalue weighted by Crippen LogP contribution is 2.33. The van der Waals surface area contributed by atoms with Crippen molar-refractivity contribution in [2.45, 2.75) is 26.7 Å². The molecule has 0 radical (unpaired) electrons.